The molecule has 2 aromatic rings. The van der Waals surface area contributed by atoms with Crippen LogP contribution in [0.4, 0.5) is 0 Å². The summed E-state index contributed by atoms with van der Waals surface area (Å²) in [5.41, 5.74) is 0.833. The molecule has 0 spiro atoms. The van der Waals surface area contributed by atoms with E-state index < -0.39 is 0 Å². The fourth-order valence-electron chi connectivity index (χ4n) is 1.96. The SMILES string of the molecule is CCNCC(C)COc1c(I)cc(Cl)c2cccnc12. The molecule has 20 heavy (non-hydrogen) atoms. The Hall–Kier alpha value is -0.590. The summed E-state index contributed by atoms with van der Waals surface area (Å²) < 4.78 is 6.99. The van der Waals surface area contributed by atoms with Gasteiger partial charge in [0, 0.05) is 24.0 Å². The van der Waals surface area contributed by atoms with E-state index in [9.17, 15) is 0 Å². The predicted octanol–water partition coefficient (Wildman–Crippen LogP) is 4.12. The summed E-state index contributed by atoms with van der Waals surface area (Å²) in [5, 5.41) is 4.97. The number of hydrogen-bond donors (Lipinski definition) is 1. The van der Waals surface area contributed by atoms with E-state index in [2.05, 4.69) is 46.7 Å². The van der Waals surface area contributed by atoms with Crippen molar-refractivity contribution in [3.63, 3.8) is 0 Å². The lowest BCUT2D eigenvalue weighted by Gasteiger charge is -2.16. The molecule has 1 heterocycles. The second-order valence-corrected chi connectivity index (χ2v) is 6.36. The zero-order valence-electron chi connectivity index (χ0n) is 11.6. The fourth-order valence-corrected chi connectivity index (χ4v) is 3.13. The first kappa shape index (κ1) is 15.8. The zero-order chi connectivity index (χ0) is 14.5. The maximum Gasteiger partial charge on any atom is 0.158 e. The molecule has 0 amide bonds. The zero-order valence-corrected chi connectivity index (χ0v) is 14.5. The third kappa shape index (κ3) is 3.74. The molecular weight excluding hydrogens is 387 g/mol. The molecule has 108 valence electrons. The lowest BCUT2D eigenvalue weighted by Crippen LogP contribution is -2.24. The molecule has 0 bridgehead atoms. The molecule has 0 fully saturated rings. The average Bonchev–Trinajstić information content (AvgIpc) is 2.45. The van der Waals surface area contributed by atoms with Crippen molar-refractivity contribution in [2.75, 3.05) is 19.7 Å². The van der Waals surface area contributed by atoms with E-state index in [-0.39, 0.29) is 0 Å². The van der Waals surface area contributed by atoms with E-state index in [0.29, 0.717) is 17.5 Å². The Morgan fingerprint density at radius 2 is 2.30 bits per heavy atom. The Morgan fingerprint density at radius 1 is 1.50 bits per heavy atom. The van der Waals surface area contributed by atoms with E-state index in [1.54, 1.807) is 6.20 Å². The molecule has 1 aromatic heterocycles. The smallest absolute Gasteiger partial charge is 0.158 e. The van der Waals surface area contributed by atoms with Gasteiger partial charge in [0.15, 0.2) is 5.75 Å². The van der Waals surface area contributed by atoms with Gasteiger partial charge < -0.3 is 10.1 Å². The maximum atomic E-state index is 6.26. The Kier molecular flexibility index (Phi) is 5.86. The topological polar surface area (TPSA) is 34.1 Å². The van der Waals surface area contributed by atoms with Crippen LogP contribution in [-0.2, 0) is 0 Å². The number of hydrogen-bond acceptors (Lipinski definition) is 3. The summed E-state index contributed by atoms with van der Waals surface area (Å²) in [6.07, 6.45) is 1.77. The van der Waals surface area contributed by atoms with Crippen LogP contribution in [0.2, 0.25) is 5.02 Å². The average molecular weight is 405 g/mol. The van der Waals surface area contributed by atoms with Crippen molar-refractivity contribution in [3.05, 3.63) is 33.0 Å². The molecular formula is C15H18ClIN2O. The number of nitrogens with one attached hydrogen (secondary N) is 1. The van der Waals surface area contributed by atoms with Crippen LogP contribution >= 0.6 is 34.2 Å². The van der Waals surface area contributed by atoms with E-state index in [1.165, 1.54) is 0 Å². The van der Waals surface area contributed by atoms with E-state index in [4.69, 9.17) is 16.3 Å². The molecule has 1 aromatic carbocycles. The summed E-state index contributed by atoms with van der Waals surface area (Å²) >= 11 is 8.50. The van der Waals surface area contributed by atoms with Crippen LogP contribution in [0.25, 0.3) is 10.9 Å². The minimum atomic E-state index is 0.445. The van der Waals surface area contributed by atoms with Gasteiger partial charge in [-0.15, -0.1) is 0 Å². The summed E-state index contributed by atoms with van der Waals surface area (Å²) in [5.74, 6) is 1.27. The lowest BCUT2D eigenvalue weighted by atomic mass is 10.2. The normalized spacial score (nSPS) is 12.6. The van der Waals surface area contributed by atoms with Crippen molar-refractivity contribution >= 4 is 45.1 Å². The van der Waals surface area contributed by atoms with Gasteiger partial charge in [-0.05, 0) is 47.3 Å². The van der Waals surface area contributed by atoms with Gasteiger partial charge >= 0.3 is 0 Å². The molecule has 1 unspecified atom stereocenters. The number of halogens is 2. The standard InChI is InChI=1S/C15H18ClIN2O/c1-3-18-8-10(2)9-20-15-13(17)7-12(16)11-5-4-6-19-14(11)15/h4-7,10,18H,3,8-9H2,1-2H3. The summed E-state index contributed by atoms with van der Waals surface area (Å²) in [4.78, 5) is 4.41. The van der Waals surface area contributed by atoms with Crippen LogP contribution < -0.4 is 10.1 Å². The molecule has 2 rings (SSSR count). The Labute approximate surface area is 138 Å². The second kappa shape index (κ2) is 7.43. The summed E-state index contributed by atoms with van der Waals surface area (Å²) in [7, 11) is 0. The van der Waals surface area contributed by atoms with E-state index >= 15 is 0 Å². The van der Waals surface area contributed by atoms with Crippen molar-refractivity contribution in [3.8, 4) is 5.75 Å². The first-order valence-corrected chi connectivity index (χ1v) is 8.15. The Bertz CT molecular complexity index is 591. The largest absolute Gasteiger partial charge is 0.490 e. The minimum absolute atomic E-state index is 0.445. The molecule has 0 radical (unpaired) electrons. The Balaban J connectivity index is 2.21. The van der Waals surface area contributed by atoms with Crippen LogP contribution in [0.5, 0.6) is 5.75 Å². The fraction of sp³-hybridized carbons (Fsp3) is 0.400. The van der Waals surface area contributed by atoms with Crippen molar-refractivity contribution in [1.82, 2.24) is 10.3 Å². The first-order chi connectivity index (χ1) is 9.63. The van der Waals surface area contributed by atoms with Gasteiger partial charge in [-0.1, -0.05) is 25.4 Å². The van der Waals surface area contributed by atoms with Gasteiger partial charge in [0.1, 0.15) is 5.52 Å². The molecule has 0 aliphatic rings. The molecule has 1 atom stereocenters. The maximum absolute atomic E-state index is 6.26. The lowest BCUT2D eigenvalue weighted by molar-refractivity contribution is 0.257. The highest BCUT2D eigenvalue weighted by Gasteiger charge is 2.13. The molecule has 1 N–H and O–H groups in total. The third-order valence-electron chi connectivity index (χ3n) is 3.01. The molecule has 0 aliphatic heterocycles. The number of nitrogens with zero attached hydrogens (tertiary/aromatic N) is 1. The van der Waals surface area contributed by atoms with Gasteiger partial charge in [-0.25, -0.2) is 0 Å². The number of ether oxygens (including phenoxy) is 1. The molecule has 0 aliphatic carbocycles. The number of rotatable bonds is 6. The van der Waals surface area contributed by atoms with Crippen molar-refractivity contribution in [1.29, 1.82) is 0 Å². The highest BCUT2D eigenvalue weighted by Crippen LogP contribution is 2.34. The van der Waals surface area contributed by atoms with Gasteiger partial charge in [0.2, 0.25) is 0 Å². The van der Waals surface area contributed by atoms with Crippen molar-refractivity contribution < 1.29 is 4.74 Å². The number of fused-ring (bicyclic) bond motifs is 1. The Morgan fingerprint density at radius 3 is 3.05 bits per heavy atom. The van der Waals surface area contributed by atoms with Crippen LogP contribution in [0, 0.1) is 9.49 Å². The van der Waals surface area contributed by atoms with Gasteiger partial charge in [-0.3, -0.25) is 4.98 Å². The second-order valence-electron chi connectivity index (χ2n) is 4.79. The van der Waals surface area contributed by atoms with Crippen LogP contribution in [-0.4, -0.2) is 24.7 Å². The van der Waals surface area contributed by atoms with Gasteiger partial charge in [-0.2, -0.15) is 0 Å². The van der Waals surface area contributed by atoms with Crippen molar-refractivity contribution in [2.24, 2.45) is 5.92 Å². The molecule has 5 heteroatoms. The number of pyridine rings is 1. The van der Waals surface area contributed by atoms with Crippen LogP contribution in [0.1, 0.15) is 13.8 Å². The van der Waals surface area contributed by atoms with Crippen LogP contribution in [0.15, 0.2) is 24.4 Å². The minimum Gasteiger partial charge on any atom is -0.490 e. The van der Waals surface area contributed by atoms with Crippen molar-refractivity contribution in [2.45, 2.75) is 13.8 Å². The summed E-state index contributed by atoms with van der Waals surface area (Å²) in [6.45, 7) is 6.86. The highest BCUT2D eigenvalue weighted by molar-refractivity contribution is 14.1. The van der Waals surface area contributed by atoms with Gasteiger partial charge in [0.25, 0.3) is 0 Å². The quantitative estimate of drug-likeness (QED) is 0.736. The molecule has 3 nitrogen and oxygen atoms in total. The molecule has 0 saturated carbocycles. The monoisotopic (exact) mass is 404 g/mol. The van der Waals surface area contributed by atoms with Gasteiger partial charge in [0.05, 0.1) is 15.2 Å². The molecule has 0 saturated heterocycles. The first-order valence-electron chi connectivity index (χ1n) is 6.69. The van der Waals surface area contributed by atoms with E-state index in [1.807, 2.05) is 18.2 Å². The highest BCUT2D eigenvalue weighted by atomic mass is 127. The number of aromatic nitrogens is 1. The van der Waals surface area contributed by atoms with E-state index in [0.717, 1.165) is 33.3 Å². The van der Waals surface area contributed by atoms with Crippen LogP contribution in [0.3, 0.4) is 0 Å². The predicted molar refractivity (Wildman–Crippen MR) is 92.7 cm³/mol. The summed E-state index contributed by atoms with van der Waals surface area (Å²) in [6, 6.07) is 5.78. The third-order valence-corrected chi connectivity index (χ3v) is 4.12. The number of benzene rings is 1.